The Morgan fingerprint density at radius 2 is 1.96 bits per heavy atom. The number of pyridine rings is 1. The Hall–Kier alpha value is -2.09. The first-order chi connectivity index (χ1) is 11.3. The number of carbonyl (C=O) groups is 1. The predicted octanol–water partition coefficient (Wildman–Crippen LogP) is 4.06. The van der Waals surface area contributed by atoms with Gasteiger partial charge in [-0.3, -0.25) is 4.79 Å². The van der Waals surface area contributed by atoms with Crippen LogP contribution in [0.4, 0.5) is 13.2 Å². The highest BCUT2D eigenvalue weighted by molar-refractivity contribution is 9.10. The summed E-state index contributed by atoms with van der Waals surface area (Å²) < 4.78 is 41.6. The molecule has 0 N–H and O–H groups in total. The van der Waals surface area contributed by atoms with E-state index in [1.807, 2.05) is 24.3 Å². The highest BCUT2D eigenvalue weighted by Gasteiger charge is 2.28. The lowest BCUT2D eigenvalue weighted by Gasteiger charge is -2.18. The van der Waals surface area contributed by atoms with Gasteiger partial charge in [0.25, 0.3) is 5.91 Å². The molecule has 2 aromatic rings. The Morgan fingerprint density at radius 3 is 2.54 bits per heavy atom. The zero-order valence-electron chi connectivity index (χ0n) is 12.7. The number of hydrogen-bond donors (Lipinski definition) is 0. The molecule has 24 heavy (non-hydrogen) atoms. The summed E-state index contributed by atoms with van der Waals surface area (Å²) in [5.74, 6) is -0.474. The molecular weight excluding hydrogens is 389 g/mol. The maximum Gasteiger partial charge on any atom is 0.422 e. The van der Waals surface area contributed by atoms with Crippen molar-refractivity contribution in [2.75, 3.05) is 13.7 Å². The number of ether oxygens (including phenoxy) is 1. The van der Waals surface area contributed by atoms with Crippen LogP contribution in [0.1, 0.15) is 15.9 Å². The summed E-state index contributed by atoms with van der Waals surface area (Å²) in [7, 11) is 1.63. The number of carbonyl (C=O) groups excluding carboxylic acids is 1. The van der Waals surface area contributed by atoms with Crippen LogP contribution >= 0.6 is 15.9 Å². The third kappa shape index (κ3) is 5.23. The third-order valence-corrected chi connectivity index (χ3v) is 3.85. The molecule has 0 spiro atoms. The molecule has 0 fully saturated rings. The summed E-state index contributed by atoms with van der Waals surface area (Å²) in [6.07, 6.45) is -3.23. The van der Waals surface area contributed by atoms with Crippen LogP contribution in [-0.4, -0.2) is 35.6 Å². The number of benzene rings is 1. The third-order valence-electron chi connectivity index (χ3n) is 3.08. The van der Waals surface area contributed by atoms with E-state index in [0.29, 0.717) is 6.54 Å². The van der Waals surface area contributed by atoms with Gasteiger partial charge < -0.3 is 9.64 Å². The quantitative estimate of drug-likeness (QED) is 0.757. The molecule has 0 bridgehead atoms. The second-order valence-corrected chi connectivity index (χ2v) is 5.90. The summed E-state index contributed by atoms with van der Waals surface area (Å²) in [6.45, 7) is -1.04. The normalized spacial score (nSPS) is 11.2. The number of halogens is 4. The van der Waals surface area contributed by atoms with Crippen molar-refractivity contribution >= 4 is 21.8 Å². The van der Waals surface area contributed by atoms with Crippen molar-refractivity contribution in [2.24, 2.45) is 0 Å². The zero-order chi connectivity index (χ0) is 17.7. The highest BCUT2D eigenvalue weighted by atomic mass is 79.9. The minimum absolute atomic E-state index is 0.183. The summed E-state index contributed by atoms with van der Waals surface area (Å²) in [6, 6.07) is 10.1. The van der Waals surface area contributed by atoms with Crippen LogP contribution < -0.4 is 4.74 Å². The van der Waals surface area contributed by atoms with Crippen LogP contribution in [0.3, 0.4) is 0 Å². The van der Waals surface area contributed by atoms with Crippen LogP contribution in [-0.2, 0) is 6.54 Å². The molecule has 8 heteroatoms. The van der Waals surface area contributed by atoms with E-state index in [4.69, 9.17) is 0 Å². The molecule has 1 heterocycles. The van der Waals surface area contributed by atoms with Crippen LogP contribution in [0, 0.1) is 0 Å². The lowest BCUT2D eigenvalue weighted by atomic mass is 10.2. The molecule has 0 aliphatic heterocycles. The Balaban J connectivity index is 2.00. The van der Waals surface area contributed by atoms with Gasteiger partial charge in [-0.2, -0.15) is 13.2 Å². The summed E-state index contributed by atoms with van der Waals surface area (Å²) in [5, 5.41) is 0. The lowest BCUT2D eigenvalue weighted by molar-refractivity contribution is -0.154. The molecule has 1 amide bonds. The first-order valence-corrected chi connectivity index (χ1v) is 7.70. The molecule has 0 saturated carbocycles. The molecule has 0 saturated heterocycles. The zero-order valence-corrected chi connectivity index (χ0v) is 14.3. The Kier molecular flexibility index (Phi) is 5.82. The molecule has 0 unspecified atom stereocenters. The van der Waals surface area contributed by atoms with Crippen molar-refractivity contribution in [1.29, 1.82) is 0 Å². The van der Waals surface area contributed by atoms with E-state index in [0.717, 1.165) is 10.0 Å². The minimum atomic E-state index is -4.43. The smallest absolute Gasteiger partial charge is 0.422 e. The largest absolute Gasteiger partial charge is 0.468 e. The number of amides is 1. The monoisotopic (exact) mass is 402 g/mol. The summed E-state index contributed by atoms with van der Waals surface area (Å²) in [4.78, 5) is 17.6. The van der Waals surface area contributed by atoms with Crippen molar-refractivity contribution in [2.45, 2.75) is 12.7 Å². The van der Waals surface area contributed by atoms with Crippen LogP contribution in [0.25, 0.3) is 0 Å². The topological polar surface area (TPSA) is 42.4 Å². The molecule has 1 aromatic carbocycles. The molecule has 0 aliphatic rings. The SMILES string of the molecule is CN(Cc1ccccc1Br)C(=O)c1ccc(OCC(F)(F)F)nc1. The van der Waals surface area contributed by atoms with Gasteiger partial charge in [-0.15, -0.1) is 0 Å². The Labute approximate surface area is 145 Å². The average molecular weight is 403 g/mol. The molecule has 128 valence electrons. The second-order valence-electron chi connectivity index (χ2n) is 5.04. The van der Waals surface area contributed by atoms with Crippen LogP contribution in [0.15, 0.2) is 47.1 Å². The van der Waals surface area contributed by atoms with Crippen molar-refractivity contribution in [3.8, 4) is 5.88 Å². The highest BCUT2D eigenvalue weighted by Crippen LogP contribution is 2.19. The Morgan fingerprint density at radius 1 is 1.25 bits per heavy atom. The maximum atomic E-state index is 12.3. The van der Waals surface area contributed by atoms with E-state index in [2.05, 4.69) is 25.7 Å². The molecule has 4 nitrogen and oxygen atoms in total. The number of aromatic nitrogens is 1. The predicted molar refractivity (Wildman–Crippen MR) is 85.7 cm³/mol. The van der Waals surface area contributed by atoms with Gasteiger partial charge in [-0.1, -0.05) is 34.1 Å². The van der Waals surface area contributed by atoms with Gasteiger partial charge in [-0.25, -0.2) is 4.98 Å². The van der Waals surface area contributed by atoms with Crippen LogP contribution in [0.2, 0.25) is 0 Å². The summed E-state index contributed by atoms with van der Waals surface area (Å²) >= 11 is 3.41. The molecule has 0 atom stereocenters. The van der Waals surface area contributed by atoms with Crippen molar-refractivity contribution in [1.82, 2.24) is 9.88 Å². The van der Waals surface area contributed by atoms with Gasteiger partial charge in [0, 0.05) is 30.3 Å². The Bertz CT molecular complexity index is 705. The first-order valence-electron chi connectivity index (χ1n) is 6.91. The fraction of sp³-hybridized carbons (Fsp3) is 0.250. The fourth-order valence-electron chi connectivity index (χ4n) is 1.92. The van der Waals surface area contributed by atoms with Gasteiger partial charge in [0.15, 0.2) is 6.61 Å². The van der Waals surface area contributed by atoms with Crippen molar-refractivity contribution in [3.05, 3.63) is 58.2 Å². The van der Waals surface area contributed by atoms with Crippen molar-refractivity contribution < 1.29 is 22.7 Å². The van der Waals surface area contributed by atoms with E-state index in [9.17, 15) is 18.0 Å². The van der Waals surface area contributed by atoms with Crippen molar-refractivity contribution in [3.63, 3.8) is 0 Å². The maximum absolute atomic E-state index is 12.3. The number of alkyl halides is 3. The average Bonchev–Trinajstić information content (AvgIpc) is 2.54. The molecule has 1 aromatic heterocycles. The number of nitrogens with zero attached hydrogens (tertiary/aromatic N) is 2. The van der Waals surface area contributed by atoms with Gasteiger partial charge in [0.05, 0.1) is 5.56 Å². The molecule has 0 aliphatic carbocycles. The first kappa shape index (κ1) is 18.3. The van der Waals surface area contributed by atoms with E-state index in [1.165, 1.54) is 23.2 Å². The molecule has 0 radical (unpaired) electrons. The molecule has 2 rings (SSSR count). The second kappa shape index (κ2) is 7.65. The van der Waals surface area contributed by atoms with Gasteiger partial charge >= 0.3 is 6.18 Å². The van der Waals surface area contributed by atoms with Crippen LogP contribution in [0.5, 0.6) is 5.88 Å². The standard InChI is InChI=1S/C16H14BrF3N2O2/c1-22(9-12-4-2-3-5-13(12)17)15(23)11-6-7-14(21-8-11)24-10-16(18,19)20/h2-8H,9-10H2,1H3. The van der Waals surface area contributed by atoms with E-state index >= 15 is 0 Å². The van der Waals surface area contributed by atoms with E-state index in [1.54, 1.807) is 7.05 Å². The molecular formula is C16H14BrF3N2O2. The van der Waals surface area contributed by atoms with Gasteiger partial charge in [0.1, 0.15) is 0 Å². The van der Waals surface area contributed by atoms with E-state index < -0.39 is 12.8 Å². The number of hydrogen-bond acceptors (Lipinski definition) is 3. The van der Waals surface area contributed by atoms with Gasteiger partial charge in [-0.05, 0) is 17.7 Å². The lowest BCUT2D eigenvalue weighted by Crippen LogP contribution is -2.26. The van der Waals surface area contributed by atoms with Gasteiger partial charge in [0.2, 0.25) is 5.88 Å². The van der Waals surface area contributed by atoms with E-state index in [-0.39, 0.29) is 17.4 Å². The fourth-order valence-corrected chi connectivity index (χ4v) is 2.33. The minimum Gasteiger partial charge on any atom is -0.468 e. The summed E-state index contributed by atoms with van der Waals surface area (Å²) in [5.41, 5.74) is 1.20. The number of rotatable bonds is 5.